The number of benzene rings is 2. The van der Waals surface area contributed by atoms with Gasteiger partial charge in [0.1, 0.15) is 0 Å². The molecule has 2 N–H and O–H groups in total. The van der Waals surface area contributed by atoms with Crippen LogP contribution >= 0.6 is 35.0 Å². The maximum absolute atomic E-state index is 12.4. The summed E-state index contributed by atoms with van der Waals surface area (Å²) in [5.74, 6) is -0.920. The van der Waals surface area contributed by atoms with Gasteiger partial charge in [-0.15, -0.1) is 0 Å². The maximum atomic E-state index is 12.4. The Balaban J connectivity index is 1.94. The Labute approximate surface area is 186 Å². The molecular formula is C20H16Cl2N2O5S. The second-order valence-corrected chi connectivity index (χ2v) is 7.85. The molecule has 1 atom stereocenters. The summed E-state index contributed by atoms with van der Waals surface area (Å²) in [6.07, 6.45) is 0.472. The molecule has 0 unspecified atom stereocenters. The van der Waals surface area contributed by atoms with Gasteiger partial charge < -0.3 is 19.9 Å². The number of hydrogen-bond acceptors (Lipinski definition) is 6. The van der Waals surface area contributed by atoms with Gasteiger partial charge in [0.05, 0.1) is 27.7 Å². The summed E-state index contributed by atoms with van der Waals surface area (Å²) in [5.41, 5.74) is 0.913. The summed E-state index contributed by atoms with van der Waals surface area (Å²) in [5, 5.41) is 12.8. The number of hydrogen-bond donors (Lipinski definition) is 2. The normalized spacial score (nSPS) is 17.1. The number of ether oxygens (including phenoxy) is 2. The Morgan fingerprint density at radius 3 is 2.70 bits per heavy atom. The lowest BCUT2D eigenvalue weighted by Gasteiger charge is -2.16. The third kappa shape index (κ3) is 4.89. The van der Waals surface area contributed by atoms with Crippen LogP contribution in [0.2, 0.25) is 10.0 Å². The van der Waals surface area contributed by atoms with Crippen LogP contribution < -0.4 is 14.8 Å². The summed E-state index contributed by atoms with van der Waals surface area (Å²) in [6, 6.07) is 10.1. The lowest BCUT2D eigenvalue weighted by atomic mass is 10.1. The van der Waals surface area contributed by atoms with Gasteiger partial charge in [-0.25, -0.2) is 9.79 Å². The summed E-state index contributed by atoms with van der Waals surface area (Å²) in [7, 11) is 1.45. The highest BCUT2D eigenvalue weighted by atomic mass is 35.5. The molecule has 2 aromatic rings. The number of amidine groups is 1. The number of carbonyl (C=O) groups excluding carboxylic acids is 1. The van der Waals surface area contributed by atoms with Crippen molar-refractivity contribution in [3.05, 3.63) is 56.9 Å². The van der Waals surface area contributed by atoms with Crippen molar-refractivity contribution in [2.75, 3.05) is 7.11 Å². The van der Waals surface area contributed by atoms with Gasteiger partial charge in [-0.05, 0) is 43.0 Å². The van der Waals surface area contributed by atoms with Crippen LogP contribution in [-0.4, -0.2) is 35.4 Å². The van der Waals surface area contributed by atoms with E-state index >= 15 is 0 Å². The highest BCUT2D eigenvalue weighted by Crippen LogP contribution is 2.37. The molecule has 1 aliphatic heterocycles. The van der Waals surface area contributed by atoms with E-state index in [1.165, 1.54) is 14.0 Å². The minimum absolute atomic E-state index is 0.221. The molecule has 0 spiro atoms. The molecule has 1 heterocycles. The quantitative estimate of drug-likeness (QED) is 0.596. The number of carboxylic acids is 1. The third-order valence-electron chi connectivity index (χ3n) is 3.96. The molecule has 3 rings (SSSR count). The lowest BCUT2D eigenvalue weighted by molar-refractivity contribution is -0.144. The van der Waals surface area contributed by atoms with E-state index in [9.17, 15) is 9.59 Å². The Morgan fingerprint density at radius 1 is 1.27 bits per heavy atom. The largest absolute Gasteiger partial charge is 0.493 e. The van der Waals surface area contributed by atoms with Crippen molar-refractivity contribution in [3.8, 4) is 11.5 Å². The number of methoxy groups -OCH3 is 1. The van der Waals surface area contributed by atoms with E-state index in [1.54, 1.807) is 42.5 Å². The minimum atomic E-state index is -1.12. The van der Waals surface area contributed by atoms with Crippen molar-refractivity contribution in [1.82, 2.24) is 5.32 Å². The first-order valence-corrected chi connectivity index (χ1v) is 10.2. The third-order valence-corrected chi connectivity index (χ3v) is 5.68. The Bertz CT molecular complexity index is 1070. The van der Waals surface area contributed by atoms with E-state index in [4.69, 9.17) is 37.8 Å². The van der Waals surface area contributed by atoms with Crippen LogP contribution in [0.3, 0.4) is 0 Å². The zero-order valence-corrected chi connectivity index (χ0v) is 18.1. The minimum Gasteiger partial charge on any atom is -0.493 e. The zero-order valence-electron chi connectivity index (χ0n) is 15.8. The van der Waals surface area contributed by atoms with Crippen LogP contribution in [0.5, 0.6) is 11.5 Å². The molecule has 156 valence electrons. The van der Waals surface area contributed by atoms with Gasteiger partial charge in [0.2, 0.25) is 0 Å². The van der Waals surface area contributed by atoms with Crippen LogP contribution in [0, 0.1) is 0 Å². The smallest absolute Gasteiger partial charge is 0.344 e. The summed E-state index contributed by atoms with van der Waals surface area (Å²) < 4.78 is 10.8. The van der Waals surface area contributed by atoms with Crippen molar-refractivity contribution in [1.29, 1.82) is 0 Å². The van der Waals surface area contributed by atoms with Crippen molar-refractivity contribution in [2.24, 2.45) is 4.99 Å². The topological polar surface area (TPSA) is 97.2 Å². The molecule has 1 amide bonds. The van der Waals surface area contributed by atoms with Gasteiger partial charge in [-0.1, -0.05) is 41.4 Å². The molecule has 0 saturated carbocycles. The van der Waals surface area contributed by atoms with Gasteiger partial charge in [0.15, 0.2) is 22.8 Å². The van der Waals surface area contributed by atoms with E-state index in [0.29, 0.717) is 32.1 Å². The number of nitrogens with zero attached hydrogens (tertiary/aromatic N) is 1. The monoisotopic (exact) mass is 466 g/mol. The average Bonchev–Trinajstić information content (AvgIpc) is 3.05. The summed E-state index contributed by atoms with van der Waals surface area (Å²) >= 11 is 13.3. The Hall–Kier alpha value is -2.68. The molecule has 7 nitrogen and oxygen atoms in total. The molecule has 30 heavy (non-hydrogen) atoms. The van der Waals surface area contributed by atoms with E-state index in [-0.39, 0.29) is 16.7 Å². The van der Waals surface area contributed by atoms with Gasteiger partial charge in [-0.2, -0.15) is 0 Å². The number of carboxylic acid groups (broad SMARTS) is 1. The second kappa shape index (κ2) is 9.42. The number of para-hydroxylation sites is 1. The van der Waals surface area contributed by atoms with E-state index < -0.39 is 12.1 Å². The summed E-state index contributed by atoms with van der Waals surface area (Å²) in [6.45, 7) is 1.40. The molecule has 0 aromatic heterocycles. The number of thioether (sulfide) groups is 1. The molecule has 10 heteroatoms. The fraction of sp³-hybridized carbons (Fsp3) is 0.150. The molecule has 0 aliphatic carbocycles. The number of aliphatic imine (C=N–C) groups is 1. The van der Waals surface area contributed by atoms with Crippen LogP contribution in [-0.2, 0) is 9.59 Å². The fourth-order valence-corrected chi connectivity index (χ4v) is 3.63. The van der Waals surface area contributed by atoms with Crippen molar-refractivity contribution in [3.63, 3.8) is 0 Å². The van der Waals surface area contributed by atoms with Gasteiger partial charge >= 0.3 is 5.97 Å². The first-order valence-electron chi connectivity index (χ1n) is 8.60. The zero-order chi connectivity index (χ0) is 21.8. The fourth-order valence-electron chi connectivity index (χ4n) is 2.47. The van der Waals surface area contributed by atoms with Crippen LogP contribution in [0.25, 0.3) is 6.08 Å². The summed E-state index contributed by atoms with van der Waals surface area (Å²) in [4.78, 5) is 28.3. The lowest BCUT2D eigenvalue weighted by Crippen LogP contribution is -2.23. The average molecular weight is 467 g/mol. The van der Waals surface area contributed by atoms with Crippen molar-refractivity contribution < 1.29 is 24.2 Å². The second-order valence-electron chi connectivity index (χ2n) is 6.03. The number of aliphatic carboxylic acids is 1. The van der Waals surface area contributed by atoms with E-state index in [2.05, 4.69) is 10.3 Å². The Morgan fingerprint density at radius 2 is 2.00 bits per heavy atom. The van der Waals surface area contributed by atoms with Gasteiger partial charge in [0, 0.05) is 5.56 Å². The number of carbonyl (C=O) groups is 2. The van der Waals surface area contributed by atoms with E-state index in [1.807, 2.05) is 0 Å². The molecular weight excluding hydrogens is 451 g/mol. The molecule has 2 aromatic carbocycles. The number of rotatable bonds is 6. The molecule has 1 aliphatic rings. The molecule has 0 radical (unpaired) electrons. The van der Waals surface area contributed by atoms with Crippen molar-refractivity contribution in [2.45, 2.75) is 13.0 Å². The highest BCUT2D eigenvalue weighted by Gasteiger charge is 2.26. The highest BCUT2D eigenvalue weighted by molar-refractivity contribution is 8.18. The number of halogens is 2. The molecule has 1 fully saturated rings. The number of nitrogens with one attached hydrogen (secondary N) is 1. The first kappa shape index (κ1) is 22.0. The molecule has 0 bridgehead atoms. The van der Waals surface area contributed by atoms with Crippen LogP contribution in [0.4, 0.5) is 5.69 Å². The van der Waals surface area contributed by atoms with Gasteiger partial charge in [0.25, 0.3) is 5.91 Å². The number of amides is 1. The first-order chi connectivity index (χ1) is 14.3. The van der Waals surface area contributed by atoms with Gasteiger partial charge in [-0.3, -0.25) is 4.79 Å². The SMILES string of the molecule is COc1cccc(/C=C2\SC(=Nc3cccc(Cl)c3Cl)NC2=O)c1O[C@@H](C)C(=O)O. The predicted octanol–water partition coefficient (Wildman–Crippen LogP) is 4.75. The van der Waals surface area contributed by atoms with E-state index in [0.717, 1.165) is 11.8 Å². The Kier molecular flexibility index (Phi) is 6.91. The standard InChI is InChI=1S/C20H16Cl2N2O5S/c1-10(19(26)27)29-17-11(5-3-8-14(17)28-2)9-15-18(25)24-20(30-15)23-13-7-4-6-12(21)16(13)22/h3-10H,1-2H3,(H,26,27)(H,23,24,25)/b15-9-/t10-/m0/s1. The van der Waals surface area contributed by atoms with Crippen molar-refractivity contribution >= 4 is 63.8 Å². The van der Waals surface area contributed by atoms with Crippen LogP contribution in [0.1, 0.15) is 12.5 Å². The predicted molar refractivity (Wildman–Crippen MR) is 118 cm³/mol. The van der Waals surface area contributed by atoms with Crippen LogP contribution in [0.15, 0.2) is 46.3 Å². The maximum Gasteiger partial charge on any atom is 0.344 e. The molecule has 1 saturated heterocycles.